The molecule has 26 heavy (non-hydrogen) atoms. The van der Waals surface area contributed by atoms with Crippen LogP contribution in [0.4, 0.5) is 0 Å². The van der Waals surface area contributed by atoms with Crippen molar-refractivity contribution in [2.75, 3.05) is 13.1 Å². The molecule has 2 N–H and O–H groups in total. The number of hydrogen-bond acceptors (Lipinski definition) is 2. The van der Waals surface area contributed by atoms with Gasteiger partial charge in [-0.2, -0.15) is 0 Å². The molecule has 3 aromatic rings. The molecule has 0 radical (unpaired) electrons. The smallest absolute Gasteiger partial charge is 0.251 e. The van der Waals surface area contributed by atoms with Crippen LogP contribution in [0.1, 0.15) is 33.8 Å². The molecule has 1 aliphatic rings. The molecular weight excluding hydrogens is 344 g/mol. The number of nitrogens with one attached hydrogen (secondary N) is 2. The normalized spacial score (nSPS) is 16.2. The zero-order valence-corrected chi connectivity index (χ0v) is 15.4. The minimum absolute atomic E-state index is 0. The van der Waals surface area contributed by atoms with E-state index in [0.29, 0.717) is 12.5 Å². The van der Waals surface area contributed by atoms with Crippen LogP contribution in [0, 0.1) is 0 Å². The van der Waals surface area contributed by atoms with Gasteiger partial charge < -0.3 is 10.6 Å². The fraction of sp³-hybridized carbons (Fsp3) is 0.227. The molecule has 1 heterocycles. The van der Waals surface area contributed by atoms with Gasteiger partial charge in [0.05, 0.1) is 0 Å². The van der Waals surface area contributed by atoms with Crippen LogP contribution >= 0.6 is 12.4 Å². The summed E-state index contributed by atoms with van der Waals surface area (Å²) in [6.45, 7) is 2.52. The quantitative estimate of drug-likeness (QED) is 0.724. The van der Waals surface area contributed by atoms with Crippen LogP contribution in [0.3, 0.4) is 0 Å². The van der Waals surface area contributed by atoms with Crippen LogP contribution in [0.2, 0.25) is 0 Å². The Bertz CT molecular complexity index is 898. The molecule has 1 amide bonds. The Hall–Kier alpha value is -2.36. The van der Waals surface area contributed by atoms with Crippen LogP contribution < -0.4 is 10.6 Å². The molecule has 4 rings (SSSR count). The monoisotopic (exact) mass is 366 g/mol. The van der Waals surface area contributed by atoms with Crippen molar-refractivity contribution in [2.45, 2.75) is 18.9 Å². The number of hydrogen-bond donors (Lipinski definition) is 2. The van der Waals surface area contributed by atoms with Gasteiger partial charge in [0, 0.05) is 18.7 Å². The maximum Gasteiger partial charge on any atom is 0.251 e. The van der Waals surface area contributed by atoms with E-state index in [1.54, 1.807) is 0 Å². The molecule has 3 aromatic carbocycles. The van der Waals surface area contributed by atoms with Crippen molar-refractivity contribution >= 4 is 29.1 Å². The summed E-state index contributed by atoms with van der Waals surface area (Å²) in [6.07, 6.45) is 1.09. The first-order valence-corrected chi connectivity index (χ1v) is 8.87. The lowest BCUT2D eigenvalue weighted by Crippen LogP contribution is -2.25. The molecule has 0 aliphatic carbocycles. The first-order chi connectivity index (χ1) is 12.3. The first-order valence-electron chi connectivity index (χ1n) is 8.87. The Morgan fingerprint density at radius 2 is 1.77 bits per heavy atom. The highest BCUT2D eigenvalue weighted by Crippen LogP contribution is 2.26. The lowest BCUT2D eigenvalue weighted by molar-refractivity contribution is 0.0949. The molecule has 0 spiro atoms. The summed E-state index contributed by atoms with van der Waals surface area (Å²) in [4.78, 5) is 12.8. The summed E-state index contributed by atoms with van der Waals surface area (Å²) in [5.41, 5.74) is 3.10. The standard InChI is InChI=1S/C22H22N2O.ClH/c25-22(21-11-4-3-10-20(21)18-12-13-23-14-18)24-15-17-8-5-7-16-6-1-2-9-19(16)17;/h1-11,18,23H,12-15H2,(H,24,25);1H. The average molecular weight is 367 g/mol. The maximum absolute atomic E-state index is 12.8. The highest BCUT2D eigenvalue weighted by Gasteiger charge is 2.21. The van der Waals surface area contributed by atoms with Crippen LogP contribution in [0.25, 0.3) is 10.8 Å². The van der Waals surface area contributed by atoms with Gasteiger partial charge in [-0.05, 0) is 46.8 Å². The molecule has 1 atom stereocenters. The van der Waals surface area contributed by atoms with Crippen LogP contribution in [0.5, 0.6) is 0 Å². The molecule has 3 nitrogen and oxygen atoms in total. The van der Waals surface area contributed by atoms with E-state index in [-0.39, 0.29) is 18.3 Å². The van der Waals surface area contributed by atoms with Crippen molar-refractivity contribution in [3.05, 3.63) is 83.4 Å². The highest BCUT2D eigenvalue weighted by molar-refractivity contribution is 5.96. The Morgan fingerprint density at radius 1 is 1.00 bits per heavy atom. The van der Waals surface area contributed by atoms with E-state index in [1.165, 1.54) is 10.8 Å². The molecule has 1 fully saturated rings. The first kappa shape index (κ1) is 18.4. The van der Waals surface area contributed by atoms with Gasteiger partial charge in [-0.25, -0.2) is 0 Å². The van der Waals surface area contributed by atoms with E-state index in [4.69, 9.17) is 0 Å². The zero-order chi connectivity index (χ0) is 17.1. The Balaban J connectivity index is 0.00000196. The van der Waals surface area contributed by atoms with Crippen LogP contribution in [0.15, 0.2) is 66.7 Å². The third-order valence-corrected chi connectivity index (χ3v) is 5.02. The maximum atomic E-state index is 12.8. The predicted octanol–water partition coefficient (Wildman–Crippen LogP) is 4.27. The zero-order valence-electron chi connectivity index (χ0n) is 14.6. The number of amides is 1. The summed E-state index contributed by atoms with van der Waals surface area (Å²) in [5, 5.41) is 8.89. The molecule has 0 saturated carbocycles. The molecule has 4 heteroatoms. The van der Waals surface area contributed by atoms with E-state index in [1.807, 2.05) is 36.4 Å². The number of rotatable bonds is 4. The van der Waals surface area contributed by atoms with Gasteiger partial charge in [0.15, 0.2) is 0 Å². The summed E-state index contributed by atoms with van der Waals surface area (Å²) >= 11 is 0. The number of carbonyl (C=O) groups excluding carboxylic acids is 1. The number of carbonyl (C=O) groups is 1. The lowest BCUT2D eigenvalue weighted by Gasteiger charge is -2.15. The van der Waals surface area contributed by atoms with Crippen LogP contribution in [-0.2, 0) is 6.54 Å². The lowest BCUT2D eigenvalue weighted by atomic mass is 9.93. The van der Waals surface area contributed by atoms with Crippen molar-refractivity contribution in [1.29, 1.82) is 0 Å². The second kappa shape index (κ2) is 8.35. The van der Waals surface area contributed by atoms with Gasteiger partial charge >= 0.3 is 0 Å². The van der Waals surface area contributed by atoms with Crippen molar-refractivity contribution in [2.24, 2.45) is 0 Å². The fourth-order valence-corrected chi connectivity index (χ4v) is 3.70. The van der Waals surface area contributed by atoms with Gasteiger partial charge in [-0.1, -0.05) is 60.7 Å². The topological polar surface area (TPSA) is 41.1 Å². The highest BCUT2D eigenvalue weighted by atomic mass is 35.5. The van der Waals surface area contributed by atoms with E-state index in [0.717, 1.165) is 36.2 Å². The Labute approximate surface area is 160 Å². The predicted molar refractivity (Wildman–Crippen MR) is 109 cm³/mol. The summed E-state index contributed by atoms with van der Waals surface area (Å²) in [6, 6.07) is 22.5. The molecule has 1 aliphatic heterocycles. The molecule has 134 valence electrons. The second-order valence-corrected chi connectivity index (χ2v) is 6.60. The van der Waals surface area contributed by atoms with Gasteiger partial charge in [-0.3, -0.25) is 4.79 Å². The summed E-state index contributed by atoms with van der Waals surface area (Å²) in [7, 11) is 0. The van der Waals surface area contributed by atoms with Crippen molar-refractivity contribution in [1.82, 2.24) is 10.6 Å². The molecule has 0 bridgehead atoms. The Morgan fingerprint density at radius 3 is 2.62 bits per heavy atom. The SMILES string of the molecule is Cl.O=C(NCc1cccc2ccccc12)c1ccccc1C1CCNC1. The van der Waals surface area contributed by atoms with E-state index < -0.39 is 0 Å². The van der Waals surface area contributed by atoms with E-state index >= 15 is 0 Å². The largest absolute Gasteiger partial charge is 0.348 e. The van der Waals surface area contributed by atoms with E-state index in [2.05, 4.69) is 41.0 Å². The van der Waals surface area contributed by atoms with Crippen molar-refractivity contribution in [3.8, 4) is 0 Å². The van der Waals surface area contributed by atoms with E-state index in [9.17, 15) is 4.79 Å². The number of halogens is 1. The second-order valence-electron chi connectivity index (χ2n) is 6.60. The fourth-order valence-electron chi connectivity index (χ4n) is 3.70. The average Bonchev–Trinajstić information content (AvgIpc) is 3.21. The third-order valence-electron chi connectivity index (χ3n) is 5.02. The molecule has 1 saturated heterocycles. The molecule has 0 aromatic heterocycles. The van der Waals surface area contributed by atoms with Gasteiger partial charge in [0.1, 0.15) is 0 Å². The van der Waals surface area contributed by atoms with Gasteiger partial charge in [-0.15, -0.1) is 12.4 Å². The minimum atomic E-state index is 0. The molecular formula is C22H23ClN2O. The van der Waals surface area contributed by atoms with Crippen molar-refractivity contribution in [3.63, 3.8) is 0 Å². The Kier molecular flexibility index (Phi) is 5.92. The van der Waals surface area contributed by atoms with Crippen molar-refractivity contribution < 1.29 is 4.79 Å². The number of benzene rings is 3. The minimum Gasteiger partial charge on any atom is -0.348 e. The number of fused-ring (bicyclic) bond motifs is 1. The summed E-state index contributed by atoms with van der Waals surface area (Å²) in [5.74, 6) is 0.440. The third kappa shape index (κ3) is 3.74. The summed E-state index contributed by atoms with van der Waals surface area (Å²) < 4.78 is 0. The van der Waals surface area contributed by atoms with Gasteiger partial charge in [0.25, 0.3) is 5.91 Å². The van der Waals surface area contributed by atoms with Crippen LogP contribution in [-0.4, -0.2) is 19.0 Å². The van der Waals surface area contributed by atoms with Gasteiger partial charge in [0.2, 0.25) is 0 Å². The molecule has 1 unspecified atom stereocenters.